The highest BCUT2D eigenvalue weighted by Gasteiger charge is 2.10. The van der Waals surface area contributed by atoms with E-state index in [1.54, 1.807) is 0 Å². The third kappa shape index (κ3) is 6.47. The van der Waals surface area contributed by atoms with Gasteiger partial charge in [-0.15, -0.1) is 0 Å². The van der Waals surface area contributed by atoms with E-state index in [1.807, 2.05) is 18.2 Å². The number of ether oxygens (including phenoxy) is 1. The van der Waals surface area contributed by atoms with Gasteiger partial charge in [-0.3, -0.25) is 0 Å². The van der Waals surface area contributed by atoms with Crippen molar-refractivity contribution in [2.24, 2.45) is 0 Å². The smallest absolute Gasteiger partial charge is 0.148 e. The van der Waals surface area contributed by atoms with Crippen molar-refractivity contribution in [1.82, 2.24) is 5.32 Å². The molecule has 1 atom stereocenters. The lowest BCUT2D eigenvalue weighted by Crippen LogP contribution is -2.26. The molecular formula is C24H25Br2NO. The van der Waals surface area contributed by atoms with Gasteiger partial charge in [0.25, 0.3) is 0 Å². The first kappa shape index (κ1) is 21.1. The fraction of sp³-hybridized carbons (Fsp3) is 0.250. The van der Waals surface area contributed by atoms with Crippen molar-refractivity contribution < 1.29 is 4.74 Å². The molecule has 0 aliphatic rings. The van der Waals surface area contributed by atoms with E-state index in [0.29, 0.717) is 12.6 Å². The summed E-state index contributed by atoms with van der Waals surface area (Å²) in [6.07, 6.45) is 2.21. The number of aryl methyl sites for hydroxylation is 1. The molecule has 0 amide bonds. The van der Waals surface area contributed by atoms with Gasteiger partial charge in [-0.1, -0.05) is 60.7 Å². The second-order valence-corrected chi connectivity index (χ2v) is 8.68. The fourth-order valence-electron chi connectivity index (χ4n) is 3.00. The van der Waals surface area contributed by atoms with Gasteiger partial charge < -0.3 is 10.1 Å². The highest BCUT2D eigenvalue weighted by molar-refractivity contribution is 9.11. The van der Waals surface area contributed by atoms with Crippen molar-refractivity contribution in [3.05, 3.63) is 98.4 Å². The van der Waals surface area contributed by atoms with E-state index in [1.165, 1.54) is 11.1 Å². The number of hydrogen-bond acceptors (Lipinski definition) is 2. The maximum atomic E-state index is 6.01. The Kier molecular flexibility index (Phi) is 8.13. The van der Waals surface area contributed by atoms with Crippen LogP contribution in [0.15, 0.2) is 81.7 Å². The van der Waals surface area contributed by atoms with E-state index in [4.69, 9.17) is 4.74 Å². The SMILES string of the molecule is CC(CCc1ccccc1)NCc1cc(Br)c(OCc2ccccc2)c(Br)c1. The van der Waals surface area contributed by atoms with Crippen LogP contribution in [-0.4, -0.2) is 6.04 Å². The summed E-state index contributed by atoms with van der Waals surface area (Å²) in [5, 5.41) is 3.62. The molecule has 0 spiro atoms. The Morgan fingerprint density at radius 3 is 2.00 bits per heavy atom. The second-order valence-electron chi connectivity index (χ2n) is 6.97. The third-order valence-electron chi connectivity index (χ3n) is 4.65. The van der Waals surface area contributed by atoms with Crippen LogP contribution in [0, 0.1) is 0 Å². The van der Waals surface area contributed by atoms with E-state index in [-0.39, 0.29) is 0 Å². The molecule has 3 aromatic rings. The highest BCUT2D eigenvalue weighted by Crippen LogP contribution is 2.35. The molecule has 1 unspecified atom stereocenters. The second kappa shape index (κ2) is 10.8. The fourth-order valence-corrected chi connectivity index (χ4v) is 4.51. The molecule has 3 rings (SSSR count). The first-order valence-electron chi connectivity index (χ1n) is 9.54. The van der Waals surface area contributed by atoms with Gasteiger partial charge in [0.2, 0.25) is 0 Å². The minimum absolute atomic E-state index is 0.451. The molecule has 0 bridgehead atoms. The number of halogens is 2. The number of nitrogens with one attached hydrogen (secondary N) is 1. The molecule has 0 saturated carbocycles. The average Bonchev–Trinajstić information content (AvgIpc) is 2.71. The molecule has 146 valence electrons. The van der Waals surface area contributed by atoms with Crippen molar-refractivity contribution in [3.63, 3.8) is 0 Å². The van der Waals surface area contributed by atoms with Crippen molar-refractivity contribution >= 4 is 31.9 Å². The van der Waals surface area contributed by atoms with Crippen molar-refractivity contribution in [2.45, 2.75) is 39.0 Å². The summed E-state index contributed by atoms with van der Waals surface area (Å²) < 4.78 is 7.94. The van der Waals surface area contributed by atoms with Crippen LogP contribution >= 0.6 is 31.9 Å². The van der Waals surface area contributed by atoms with Gasteiger partial charge in [-0.2, -0.15) is 0 Å². The van der Waals surface area contributed by atoms with Crippen molar-refractivity contribution in [3.8, 4) is 5.75 Å². The maximum absolute atomic E-state index is 6.01. The van der Waals surface area contributed by atoms with Crippen LogP contribution in [0.2, 0.25) is 0 Å². The molecular weight excluding hydrogens is 478 g/mol. The number of benzene rings is 3. The summed E-state index contributed by atoms with van der Waals surface area (Å²) in [6, 6.07) is 25.5. The van der Waals surface area contributed by atoms with Gasteiger partial charge in [0.05, 0.1) is 8.95 Å². The lowest BCUT2D eigenvalue weighted by molar-refractivity contribution is 0.302. The molecule has 0 saturated heterocycles. The molecule has 0 aliphatic carbocycles. The van der Waals surface area contributed by atoms with E-state index < -0.39 is 0 Å². The van der Waals surface area contributed by atoms with Crippen LogP contribution in [0.25, 0.3) is 0 Å². The van der Waals surface area contributed by atoms with Crippen LogP contribution in [0.3, 0.4) is 0 Å². The lowest BCUT2D eigenvalue weighted by Gasteiger charge is -2.16. The van der Waals surface area contributed by atoms with Crippen LogP contribution < -0.4 is 10.1 Å². The van der Waals surface area contributed by atoms with Crippen LogP contribution in [0.4, 0.5) is 0 Å². The van der Waals surface area contributed by atoms with Gasteiger partial charge in [-0.05, 0) is 80.4 Å². The van der Waals surface area contributed by atoms with Gasteiger partial charge in [0.1, 0.15) is 12.4 Å². The van der Waals surface area contributed by atoms with E-state index in [9.17, 15) is 0 Å². The predicted octanol–water partition coefficient (Wildman–Crippen LogP) is 6.90. The van der Waals surface area contributed by atoms with E-state index in [2.05, 4.69) is 98.7 Å². The van der Waals surface area contributed by atoms with E-state index >= 15 is 0 Å². The Labute approximate surface area is 184 Å². The zero-order valence-corrected chi connectivity index (χ0v) is 19.2. The Hall–Kier alpha value is -1.62. The standard InChI is InChI=1S/C24H25Br2NO/c1-18(12-13-19-8-4-2-5-9-19)27-16-21-14-22(25)24(23(26)15-21)28-17-20-10-6-3-7-11-20/h2-11,14-15,18,27H,12-13,16-17H2,1H3. The normalized spacial score (nSPS) is 12.0. The zero-order valence-electron chi connectivity index (χ0n) is 16.0. The largest absolute Gasteiger partial charge is 0.487 e. The third-order valence-corrected chi connectivity index (χ3v) is 5.83. The molecule has 1 N–H and O–H groups in total. The van der Waals surface area contributed by atoms with E-state index in [0.717, 1.165) is 39.6 Å². The quantitative estimate of drug-likeness (QED) is 0.343. The summed E-state index contributed by atoms with van der Waals surface area (Å²) in [4.78, 5) is 0. The lowest BCUT2D eigenvalue weighted by atomic mass is 10.1. The maximum Gasteiger partial charge on any atom is 0.148 e. The van der Waals surface area contributed by atoms with Crippen molar-refractivity contribution in [1.29, 1.82) is 0 Å². The predicted molar refractivity (Wildman–Crippen MR) is 124 cm³/mol. The Morgan fingerprint density at radius 1 is 0.821 bits per heavy atom. The first-order valence-corrected chi connectivity index (χ1v) is 11.1. The Bertz CT molecular complexity index is 845. The Balaban J connectivity index is 1.52. The van der Waals surface area contributed by atoms with Crippen LogP contribution in [-0.2, 0) is 19.6 Å². The molecule has 3 aromatic carbocycles. The summed E-state index contributed by atoms with van der Waals surface area (Å²) in [7, 11) is 0. The number of hydrogen-bond donors (Lipinski definition) is 1. The topological polar surface area (TPSA) is 21.3 Å². The minimum atomic E-state index is 0.451. The molecule has 28 heavy (non-hydrogen) atoms. The minimum Gasteiger partial charge on any atom is -0.487 e. The first-order chi connectivity index (χ1) is 13.6. The molecule has 0 fully saturated rings. The summed E-state index contributed by atoms with van der Waals surface area (Å²) in [5.41, 5.74) is 3.76. The molecule has 0 aliphatic heterocycles. The molecule has 4 heteroatoms. The average molecular weight is 503 g/mol. The Morgan fingerprint density at radius 2 is 1.39 bits per heavy atom. The van der Waals surface area contributed by atoms with Crippen LogP contribution in [0.5, 0.6) is 5.75 Å². The van der Waals surface area contributed by atoms with Crippen LogP contribution in [0.1, 0.15) is 30.0 Å². The van der Waals surface area contributed by atoms with Crippen molar-refractivity contribution in [2.75, 3.05) is 0 Å². The van der Waals surface area contributed by atoms with Gasteiger partial charge in [0, 0.05) is 12.6 Å². The van der Waals surface area contributed by atoms with Gasteiger partial charge in [0.15, 0.2) is 0 Å². The molecule has 0 radical (unpaired) electrons. The molecule has 0 aromatic heterocycles. The monoisotopic (exact) mass is 501 g/mol. The molecule has 2 nitrogen and oxygen atoms in total. The number of rotatable bonds is 9. The zero-order chi connectivity index (χ0) is 19.8. The summed E-state index contributed by atoms with van der Waals surface area (Å²) in [6.45, 7) is 3.61. The summed E-state index contributed by atoms with van der Waals surface area (Å²) >= 11 is 7.31. The summed E-state index contributed by atoms with van der Waals surface area (Å²) in [5.74, 6) is 0.838. The highest BCUT2D eigenvalue weighted by atomic mass is 79.9. The molecule has 0 heterocycles. The van der Waals surface area contributed by atoms with Gasteiger partial charge >= 0.3 is 0 Å². The van der Waals surface area contributed by atoms with Gasteiger partial charge in [-0.25, -0.2) is 0 Å².